The number of fused-ring (bicyclic) bond motifs is 1. The quantitative estimate of drug-likeness (QED) is 0.844. The maximum absolute atomic E-state index is 5.91. The van der Waals surface area contributed by atoms with Crippen LogP contribution < -0.4 is 10.1 Å². The molecule has 0 bridgehead atoms. The predicted molar refractivity (Wildman–Crippen MR) is 63.1 cm³/mol. The fraction of sp³-hybridized carbons (Fsp3) is 0.538. The molecule has 1 saturated heterocycles. The summed E-state index contributed by atoms with van der Waals surface area (Å²) in [6.07, 6.45) is 1.10. The number of nitrogens with one attached hydrogen (secondary N) is 1. The van der Waals surface area contributed by atoms with E-state index in [1.165, 1.54) is 11.3 Å². The van der Waals surface area contributed by atoms with E-state index in [9.17, 15) is 0 Å². The summed E-state index contributed by atoms with van der Waals surface area (Å²) in [5.74, 6) is 0.989. The molecule has 2 aliphatic rings. The first-order valence-corrected chi connectivity index (χ1v) is 5.83. The van der Waals surface area contributed by atoms with Gasteiger partial charge in [-0.1, -0.05) is 19.1 Å². The van der Waals surface area contributed by atoms with Crippen LogP contribution in [0.15, 0.2) is 18.2 Å². The first-order valence-electron chi connectivity index (χ1n) is 5.83. The molecule has 0 saturated carbocycles. The van der Waals surface area contributed by atoms with Crippen molar-refractivity contribution in [3.63, 3.8) is 0 Å². The second-order valence-electron chi connectivity index (χ2n) is 5.06. The summed E-state index contributed by atoms with van der Waals surface area (Å²) in [5.41, 5.74) is 2.76. The lowest BCUT2D eigenvalue weighted by Crippen LogP contribution is -2.44. The Labute approximate surface area is 95.8 Å². The van der Waals surface area contributed by atoms with E-state index in [0.29, 0.717) is 0 Å². The average Bonchev–Trinajstić information content (AvgIpc) is 2.72. The summed E-state index contributed by atoms with van der Waals surface area (Å²) in [7, 11) is 0. The van der Waals surface area contributed by atoms with Gasteiger partial charge in [-0.05, 0) is 18.1 Å². The Balaban J connectivity index is 1.72. The number of hydrogen-bond acceptors (Lipinski definition) is 3. The zero-order valence-electron chi connectivity index (χ0n) is 9.58. The highest BCUT2D eigenvalue weighted by Crippen LogP contribution is 2.34. The molecular weight excluding hydrogens is 202 g/mol. The SMILES string of the molecule is CC1(COc2cccc3c2NCC3)COC1. The minimum atomic E-state index is 0.210. The Kier molecular flexibility index (Phi) is 2.28. The third kappa shape index (κ3) is 1.65. The van der Waals surface area contributed by atoms with Gasteiger partial charge < -0.3 is 14.8 Å². The molecular formula is C13H17NO2. The van der Waals surface area contributed by atoms with E-state index in [-0.39, 0.29) is 5.41 Å². The van der Waals surface area contributed by atoms with Crippen LogP contribution in [0.2, 0.25) is 0 Å². The molecule has 2 heterocycles. The lowest BCUT2D eigenvalue weighted by Gasteiger charge is -2.37. The molecule has 86 valence electrons. The third-order valence-electron chi connectivity index (χ3n) is 3.29. The van der Waals surface area contributed by atoms with Gasteiger partial charge >= 0.3 is 0 Å². The summed E-state index contributed by atoms with van der Waals surface area (Å²) in [5, 5.41) is 3.38. The van der Waals surface area contributed by atoms with Gasteiger partial charge in [0.05, 0.1) is 25.5 Å². The van der Waals surface area contributed by atoms with Crippen LogP contribution in [-0.2, 0) is 11.2 Å². The molecule has 0 unspecified atom stereocenters. The number of ether oxygens (including phenoxy) is 2. The molecule has 3 nitrogen and oxygen atoms in total. The van der Waals surface area contributed by atoms with Gasteiger partial charge in [0.15, 0.2) is 0 Å². The van der Waals surface area contributed by atoms with Gasteiger partial charge in [-0.3, -0.25) is 0 Å². The summed E-state index contributed by atoms with van der Waals surface area (Å²) >= 11 is 0. The second kappa shape index (κ2) is 3.67. The molecule has 2 aliphatic heterocycles. The van der Waals surface area contributed by atoms with Crippen LogP contribution in [0.5, 0.6) is 5.75 Å². The minimum Gasteiger partial charge on any atom is -0.491 e. The zero-order chi connectivity index (χ0) is 11.0. The number of para-hydroxylation sites is 1. The lowest BCUT2D eigenvalue weighted by molar-refractivity contribution is -0.120. The van der Waals surface area contributed by atoms with Crippen molar-refractivity contribution in [1.29, 1.82) is 0 Å². The monoisotopic (exact) mass is 219 g/mol. The van der Waals surface area contributed by atoms with Crippen molar-refractivity contribution < 1.29 is 9.47 Å². The summed E-state index contributed by atoms with van der Waals surface area (Å²) < 4.78 is 11.1. The zero-order valence-corrected chi connectivity index (χ0v) is 9.58. The highest BCUT2D eigenvalue weighted by Gasteiger charge is 2.34. The molecule has 16 heavy (non-hydrogen) atoms. The van der Waals surface area contributed by atoms with Crippen molar-refractivity contribution in [3.8, 4) is 5.75 Å². The molecule has 1 aromatic carbocycles. The van der Waals surface area contributed by atoms with Crippen LogP contribution in [0, 0.1) is 5.41 Å². The molecule has 1 fully saturated rings. The fourth-order valence-electron chi connectivity index (χ4n) is 2.21. The maximum Gasteiger partial charge on any atom is 0.142 e. The maximum atomic E-state index is 5.91. The van der Waals surface area contributed by atoms with E-state index in [1.54, 1.807) is 0 Å². The number of anilines is 1. The van der Waals surface area contributed by atoms with E-state index in [2.05, 4.69) is 24.4 Å². The largest absolute Gasteiger partial charge is 0.491 e. The second-order valence-corrected chi connectivity index (χ2v) is 5.06. The Morgan fingerprint density at radius 2 is 2.31 bits per heavy atom. The van der Waals surface area contributed by atoms with Gasteiger partial charge in [0.25, 0.3) is 0 Å². The molecule has 0 aliphatic carbocycles. The molecule has 0 aromatic heterocycles. The van der Waals surface area contributed by atoms with Crippen LogP contribution in [0.3, 0.4) is 0 Å². The van der Waals surface area contributed by atoms with Gasteiger partial charge in [0.1, 0.15) is 5.75 Å². The van der Waals surface area contributed by atoms with E-state index < -0.39 is 0 Å². The van der Waals surface area contributed by atoms with Crippen molar-refractivity contribution in [2.45, 2.75) is 13.3 Å². The Morgan fingerprint density at radius 3 is 3.06 bits per heavy atom. The van der Waals surface area contributed by atoms with Gasteiger partial charge in [-0.15, -0.1) is 0 Å². The van der Waals surface area contributed by atoms with Crippen molar-refractivity contribution in [3.05, 3.63) is 23.8 Å². The van der Waals surface area contributed by atoms with Gasteiger partial charge in [-0.25, -0.2) is 0 Å². The van der Waals surface area contributed by atoms with E-state index in [4.69, 9.17) is 9.47 Å². The first kappa shape index (κ1) is 9.97. The fourth-order valence-corrected chi connectivity index (χ4v) is 2.21. The standard InChI is InChI=1S/C13H17NO2/c1-13(7-15-8-13)9-16-11-4-2-3-10-5-6-14-12(10)11/h2-4,14H,5-9H2,1H3. The lowest BCUT2D eigenvalue weighted by atomic mass is 9.90. The summed E-state index contributed by atoms with van der Waals surface area (Å²) in [4.78, 5) is 0. The van der Waals surface area contributed by atoms with E-state index >= 15 is 0 Å². The third-order valence-corrected chi connectivity index (χ3v) is 3.29. The Morgan fingerprint density at radius 1 is 1.44 bits per heavy atom. The highest BCUT2D eigenvalue weighted by atomic mass is 16.5. The number of rotatable bonds is 3. The van der Waals surface area contributed by atoms with Crippen LogP contribution in [0.4, 0.5) is 5.69 Å². The molecule has 3 rings (SSSR count). The average molecular weight is 219 g/mol. The van der Waals surface area contributed by atoms with Crippen LogP contribution in [0.25, 0.3) is 0 Å². The van der Waals surface area contributed by atoms with Crippen LogP contribution >= 0.6 is 0 Å². The van der Waals surface area contributed by atoms with Crippen molar-refractivity contribution in [2.24, 2.45) is 5.41 Å². The van der Waals surface area contributed by atoms with Gasteiger partial charge in [-0.2, -0.15) is 0 Å². The minimum absolute atomic E-state index is 0.210. The normalized spacial score (nSPS) is 20.8. The van der Waals surface area contributed by atoms with Crippen LogP contribution in [-0.4, -0.2) is 26.4 Å². The number of benzene rings is 1. The predicted octanol–water partition coefficient (Wildman–Crippen LogP) is 2.07. The molecule has 1 N–H and O–H groups in total. The molecule has 0 radical (unpaired) electrons. The smallest absolute Gasteiger partial charge is 0.142 e. The summed E-state index contributed by atoms with van der Waals surface area (Å²) in [6, 6.07) is 6.27. The van der Waals surface area contributed by atoms with Gasteiger partial charge in [0, 0.05) is 12.0 Å². The van der Waals surface area contributed by atoms with Crippen molar-refractivity contribution in [1.82, 2.24) is 0 Å². The Bertz CT molecular complexity index is 399. The first-order chi connectivity index (χ1) is 7.77. The van der Waals surface area contributed by atoms with E-state index in [0.717, 1.165) is 38.5 Å². The highest BCUT2D eigenvalue weighted by molar-refractivity contribution is 5.65. The topological polar surface area (TPSA) is 30.5 Å². The molecule has 0 amide bonds. The summed E-state index contributed by atoms with van der Waals surface area (Å²) in [6.45, 7) is 5.60. The molecule has 1 aromatic rings. The molecule has 0 spiro atoms. The van der Waals surface area contributed by atoms with Crippen LogP contribution in [0.1, 0.15) is 12.5 Å². The van der Waals surface area contributed by atoms with Crippen molar-refractivity contribution >= 4 is 5.69 Å². The van der Waals surface area contributed by atoms with E-state index in [1.807, 2.05) is 6.07 Å². The number of hydrogen-bond donors (Lipinski definition) is 1. The molecule has 3 heteroatoms. The molecule has 0 atom stereocenters. The Hall–Kier alpha value is -1.22. The van der Waals surface area contributed by atoms with Gasteiger partial charge in [0.2, 0.25) is 0 Å². The van der Waals surface area contributed by atoms with Crippen molar-refractivity contribution in [2.75, 3.05) is 31.7 Å².